The Bertz CT molecular complexity index is 487. The zero-order valence-electron chi connectivity index (χ0n) is 13.6. The van der Waals surface area contributed by atoms with Crippen molar-refractivity contribution in [3.63, 3.8) is 0 Å². The van der Waals surface area contributed by atoms with Crippen LogP contribution < -0.4 is 0 Å². The van der Waals surface area contributed by atoms with Crippen LogP contribution in [0.1, 0.15) is 34.6 Å². The number of carbonyl (C=O) groups is 4. The third kappa shape index (κ3) is 5.51. The summed E-state index contributed by atoms with van der Waals surface area (Å²) in [5, 5.41) is 0. The third-order valence-corrected chi connectivity index (χ3v) is 2.92. The van der Waals surface area contributed by atoms with Gasteiger partial charge in [-0.25, -0.2) is 0 Å². The van der Waals surface area contributed by atoms with Gasteiger partial charge in [0.1, 0.15) is 0 Å². The van der Waals surface area contributed by atoms with Crippen LogP contribution in [0.15, 0.2) is 0 Å². The number of hydrogen-bond acceptors (Lipinski definition) is 9. The molecule has 0 aromatic heterocycles. The van der Waals surface area contributed by atoms with Crippen molar-refractivity contribution in [1.82, 2.24) is 0 Å². The summed E-state index contributed by atoms with van der Waals surface area (Å²) in [6, 6.07) is 0. The molecule has 9 heteroatoms. The van der Waals surface area contributed by atoms with Crippen molar-refractivity contribution < 1.29 is 42.9 Å². The highest BCUT2D eigenvalue weighted by atomic mass is 16.7. The van der Waals surface area contributed by atoms with Gasteiger partial charge in [-0.1, -0.05) is 0 Å². The van der Waals surface area contributed by atoms with Crippen LogP contribution in [0.3, 0.4) is 0 Å². The minimum atomic E-state index is -1.29. The molecule has 23 heavy (non-hydrogen) atoms. The largest absolute Gasteiger partial charge is 0.456 e. The van der Waals surface area contributed by atoms with Crippen LogP contribution >= 0.6 is 0 Å². The minimum Gasteiger partial charge on any atom is -0.456 e. The Morgan fingerprint density at radius 1 is 0.652 bits per heavy atom. The van der Waals surface area contributed by atoms with E-state index in [1.807, 2.05) is 0 Å². The molecule has 0 radical (unpaired) electrons. The maximum absolute atomic E-state index is 11.4. The van der Waals surface area contributed by atoms with Crippen LogP contribution in [0.4, 0.5) is 0 Å². The highest BCUT2D eigenvalue weighted by Crippen LogP contribution is 2.29. The standard InChI is InChI=1S/C14H20O9/c1-6-11(20-7(2)15)12(21-8(3)16)13(22-9(4)17)14(19-6)23-10(5)18/h6,11-14H,1-5H3/t6?,11-,12+,13?,14+/m1/s1. The van der Waals surface area contributed by atoms with Crippen molar-refractivity contribution in [2.24, 2.45) is 0 Å². The molecule has 1 aliphatic heterocycles. The molecular formula is C14H20O9. The SMILES string of the molecule is CC(=O)OC1[C@H](OC(C)=O)OC(C)[C@@H](OC(C)=O)[C@@H]1OC(C)=O. The van der Waals surface area contributed by atoms with Crippen LogP contribution in [0.2, 0.25) is 0 Å². The van der Waals surface area contributed by atoms with E-state index in [1.165, 1.54) is 6.92 Å². The van der Waals surface area contributed by atoms with Gasteiger partial charge in [0.05, 0.1) is 6.10 Å². The van der Waals surface area contributed by atoms with Gasteiger partial charge >= 0.3 is 23.9 Å². The molecule has 9 nitrogen and oxygen atoms in total. The lowest BCUT2D eigenvalue weighted by Gasteiger charge is -2.42. The molecule has 1 saturated heterocycles. The quantitative estimate of drug-likeness (QED) is 0.521. The Hall–Kier alpha value is -2.16. The second-order valence-corrected chi connectivity index (χ2v) is 5.04. The van der Waals surface area contributed by atoms with Gasteiger partial charge in [-0.05, 0) is 6.92 Å². The van der Waals surface area contributed by atoms with E-state index in [4.69, 9.17) is 23.7 Å². The first-order valence-corrected chi connectivity index (χ1v) is 6.96. The van der Waals surface area contributed by atoms with E-state index >= 15 is 0 Å². The van der Waals surface area contributed by atoms with Crippen LogP contribution in [0.5, 0.6) is 0 Å². The Morgan fingerprint density at radius 3 is 1.48 bits per heavy atom. The number of rotatable bonds is 4. The molecule has 1 rings (SSSR count). The Kier molecular flexibility index (Phi) is 6.49. The zero-order chi connectivity index (χ0) is 17.7. The zero-order valence-corrected chi connectivity index (χ0v) is 13.6. The molecule has 2 unspecified atom stereocenters. The number of esters is 4. The molecule has 1 heterocycles. The lowest BCUT2D eigenvalue weighted by atomic mass is 9.99. The van der Waals surface area contributed by atoms with Crippen molar-refractivity contribution in [1.29, 1.82) is 0 Å². The van der Waals surface area contributed by atoms with Crippen LogP contribution in [0, 0.1) is 0 Å². The van der Waals surface area contributed by atoms with Gasteiger partial charge < -0.3 is 23.7 Å². The molecule has 0 aromatic rings. The van der Waals surface area contributed by atoms with E-state index in [0.717, 1.165) is 20.8 Å². The van der Waals surface area contributed by atoms with Gasteiger partial charge in [0.25, 0.3) is 0 Å². The van der Waals surface area contributed by atoms with Gasteiger partial charge in [-0.2, -0.15) is 0 Å². The van der Waals surface area contributed by atoms with E-state index in [0.29, 0.717) is 0 Å². The second-order valence-electron chi connectivity index (χ2n) is 5.04. The fourth-order valence-corrected chi connectivity index (χ4v) is 2.23. The average Bonchev–Trinajstić information content (AvgIpc) is 2.36. The average molecular weight is 332 g/mol. The fourth-order valence-electron chi connectivity index (χ4n) is 2.23. The van der Waals surface area contributed by atoms with Crippen LogP contribution in [-0.4, -0.2) is 54.6 Å². The molecule has 0 saturated carbocycles. The summed E-state index contributed by atoms with van der Waals surface area (Å²) in [7, 11) is 0. The Labute approximate surface area is 133 Å². The predicted octanol–water partition coefficient (Wildman–Crippen LogP) is 0.0894. The molecule has 1 fully saturated rings. The van der Waals surface area contributed by atoms with E-state index in [9.17, 15) is 19.2 Å². The summed E-state index contributed by atoms with van der Waals surface area (Å²) >= 11 is 0. The van der Waals surface area contributed by atoms with E-state index in [-0.39, 0.29) is 0 Å². The van der Waals surface area contributed by atoms with Gasteiger partial charge in [-0.15, -0.1) is 0 Å². The predicted molar refractivity (Wildman–Crippen MR) is 72.8 cm³/mol. The first-order valence-electron chi connectivity index (χ1n) is 6.96. The molecule has 130 valence electrons. The number of hydrogen-bond donors (Lipinski definition) is 0. The van der Waals surface area contributed by atoms with Crippen molar-refractivity contribution in [3.8, 4) is 0 Å². The van der Waals surface area contributed by atoms with Crippen LogP contribution in [0.25, 0.3) is 0 Å². The lowest BCUT2D eigenvalue weighted by Crippen LogP contribution is -2.61. The monoisotopic (exact) mass is 332 g/mol. The van der Waals surface area contributed by atoms with Crippen molar-refractivity contribution in [2.75, 3.05) is 0 Å². The molecule has 5 atom stereocenters. The fraction of sp³-hybridized carbons (Fsp3) is 0.714. The van der Waals surface area contributed by atoms with Gasteiger partial charge in [0, 0.05) is 27.7 Å². The van der Waals surface area contributed by atoms with Gasteiger partial charge in [0.15, 0.2) is 12.2 Å². The summed E-state index contributed by atoms with van der Waals surface area (Å²) < 4.78 is 25.7. The summed E-state index contributed by atoms with van der Waals surface area (Å²) in [5.74, 6) is -2.69. The van der Waals surface area contributed by atoms with Gasteiger partial charge in [-0.3, -0.25) is 19.2 Å². The highest BCUT2D eigenvalue weighted by Gasteiger charge is 2.51. The summed E-state index contributed by atoms with van der Waals surface area (Å²) in [5.41, 5.74) is 0. The van der Waals surface area contributed by atoms with Gasteiger partial charge in [0.2, 0.25) is 12.4 Å². The van der Waals surface area contributed by atoms with Crippen LogP contribution in [-0.2, 0) is 42.9 Å². The molecule has 0 N–H and O–H groups in total. The Balaban J connectivity index is 3.15. The first-order chi connectivity index (χ1) is 10.6. The van der Waals surface area contributed by atoms with E-state index in [1.54, 1.807) is 6.92 Å². The van der Waals surface area contributed by atoms with Crippen molar-refractivity contribution in [3.05, 3.63) is 0 Å². The molecule has 0 amide bonds. The molecule has 0 bridgehead atoms. The summed E-state index contributed by atoms with van der Waals surface area (Å²) in [4.78, 5) is 45.1. The molecule has 0 aromatic carbocycles. The maximum Gasteiger partial charge on any atom is 0.305 e. The molecule has 0 aliphatic carbocycles. The van der Waals surface area contributed by atoms with E-state index < -0.39 is 54.6 Å². The molecular weight excluding hydrogens is 312 g/mol. The van der Waals surface area contributed by atoms with Crippen molar-refractivity contribution >= 4 is 23.9 Å². The minimum absolute atomic E-state index is 0.630. The number of carbonyl (C=O) groups excluding carboxylic acids is 4. The Morgan fingerprint density at radius 2 is 1.04 bits per heavy atom. The lowest BCUT2D eigenvalue weighted by molar-refractivity contribution is -0.292. The third-order valence-electron chi connectivity index (χ3n) is 2.92. The highest BCUT2D eigenvalue weighted by molar-refractivity contribution is 5.69. The van der Waals surface area contributed by atoms with E-state index in [2.05, 4.69) is 0 Å². The second kappa shape index (κ2) is 7.91. The molecule has 1 aliphatic rings. The maximum atomic E-state index is 11.4. The topological polar surface area (TPSA) is 114 Å². The number of ether oxygens (including phenoxy) is 5. The smallest absolute Gasteiger partial charge is 0.305 e. The summed E-state index contributed by atoms with van der Waals surface area (Å²) in [6.45, 7) is 6.16. The first kappa shape index (κ1) is 18.9. The van der Waals surface area contributed by atoms with Crippen molar-refractivity contribution in [2.45, 2.75) is 65.3 Å². The normalized spacial score (nSPS) is 30.0. The molecule has 0 spiro atoms. The summed E-state index contributed by atoms with van der Waals surface area (Å²) in [6.07, 6.45) is -5.51.